The predicted octanol–water partition coefficient (Wildman–Crippen LogP) is 1.72. The summed E-state index contributed by atoms with van der Waals surface area (Å²) in [5, 5.41) is 4.06. The second kappa shape index (κ2) is 8.21. The van der Waals surface area contributed by atoms with E-state index < -0.39 is 0 Å². The maximum atomic E-state index is 11.9. The molecule has 1 aromatic heterocycles. The zero-order valence-electron chi connectivity index (χ0n) is 13.4. The molecule has 0 radical (unpaired) electrons. The number of carbonyl (C=O) groups excluding carboxylic acids is 1. The molecule has 1 amide bonds. The first-order valence-electron chi connectivity index (χ1n) is 7.23. The molecule has 2 aromatic rings. The molecule has 0 aliphatic heterocycles. The first-order valence-corrected chi connectivity index (χ1v) is 7.64. The highest BCUT2D eigenvalue weighted by atomic mass is 32.1. The van der Waals surface area contributed by atoms with Gasteiger partial charge in [-0.15, -0.1) is 0 Å². The number of ether oxygens (including phenoxy) is 1. The van der Waals surface area contributed by atoms with E-state index in [2.05, 4.69) is 20.5 Å². The number of aromatic nitrogens is 2. The molecule has 0 saturated heterocycles. The van der Waals surface area contributed by atoms with Crippen LogP contribution >= 0.6 is 12.2 Å². The molecule has 3 N–H and O–H groups in total. The molecule has 0 atom stereocenters. The Labute approximate surface area is 143 Å². The summed E-state index contributed by atoms with van der Waals surface area (Å²) in [5.74, 6) is 0.456. The summed E-state index contributed by atoms with van der Waals surface area (Å²) in [5.41, 5.74) is 4.38. The number of nitrogens with zero attached hydrogens (tertiary/aromatic N) is 1. The molecule has 0 aliphatic carbocycles. The van der Waals surface area contributed by atoms with Crippen LogP contribution in [0.4, 0.5) is 0 Å². The predicted molar refractivity (Wildman–Crippen MR) is 93.9 cm³/mol. The Balaban J connectivity index is 1.92. The number of aromatic amines is 2. The first kappa shape index (κ1) is 17.6. The number of rotatable bonds is 6. The largest absolute Gasteiger partial charge is 0.497 e. The molecule has 2 rings (SSSR count). The Morgan fingerprint density at radius 2 is 1.96 bits per heavy atom. The van der Waals surface area contributed by atoms with E-state index in [9.17, 15) is 9.59 Å². The zero-order chi connectivity index (χ0) is 17.5. The van der Waals surface area contributed by atoms with Crippen molar-refractivity contribution in [1.82, 2.24) is 15.4 Å². The van der Waals surface area contributed by atoms with Crippen LogP contribution in [0.5, 0.6) is 5.75 Å². The van der Waals surface area contributed by atoms with Gasteiger partial charge in [0.25, 0.3) is 5.56 Å². The second-order valence-electron chi connectivity index (χ2n) is 5.20. The lowest BCUT2D eigenvalue weighted by Gasteiger charge is -2.05. The van der Waals surface area contributed by atoms with Gasteiger partial charge in [0.2, 0.25) is 5.91 Å². The summed E-state index contributed by atoms with van der Waals surface area (Å²) >= 11 is 4.86. The Bertz CT molecular complexity index is 824. The van der Waals surface area contributed by atoms with E-state index in [0.717, 1.165) is 17.0 Å². The lowest BCUT2D eigenvalue weighted by atomic mass is 10.1. The number of H-pyrrole nitrogens is 2. The molecule has 0 saturated carbocycles. The van der Waals surface area contributed by atoms with Crippen molar-refractivity contribution in [2.75, 3.05) is 7.11 Å². The van der Waals surface area contributed by atoms with Crippen molar-refractivity contribution in [1.29, 1.82) is 0 Å². The highest BCUT2D eigenvalue weighted by Crippen LogP contribution is 2.11. The van der Waals surface area contributed by atoms with Crippen LogP contribution < -0.4 is 15.7 Å². The van der Waals surface area contributed by atoms with Gasteiger partial charge in [0.1, 0.15) is 5.75 Å². The van der Waals surface area contributed by atoms with Crippen molar-refractivity contribution in [2.45, 2.75) is 19.8 Å². The second-order valence-corrected chi connectivity index (χ2v) is 5.60. The molecule has 0 fully saturated rings. The van der Waals surface area contributed by atoms with Crippen LogP contribution in [0.1, 0.15) is 18.2 Å². The summed E-state index contributed by atoms with van der Waals surface area (Å²) in [6.07, 6.45) is 0.602. The van der Waals surface area contributed by atoms with E-state index in [-0.39, 0.29) is 22.7 Å². The standard InChI is InChI=1S/C16H18N4O3S/c1-10(7-11-3-5-13(23-2)6-4-11)19-20-15(22)9-12-8-14(21)18-16(24)17-12/h3-6,8H,7,9H2,1-2H3,(H,20,22)(H2,17,18,21,24)/b19-10-. The number of nitrogens with one attached hydrogen (secondary N) is 3. The molecule has 0 bridgehead atoms. The Morgan fingerprint density at radius 1 is 1.25 bits per heavy atom. The Morgan fingerprint density at radius 3 is 2.58 bits per heavy atom. The summed E-state index contributed by atoms with van der Waals surface area (Å²) in [6, 6.07) is 8.92. The van der Waals surface area contributed by atoms with Crippen LogP contribution in [0.25, 0.3) is 0 Å². The van der Waals surface area contributed by atoms with Crippen LogP contribution in [-0.4, -0.2) is 28.7 Å². The van der Waals surface area contributed by atoms with Gasteiger partial charge < -0.3 is 9.72 Å². The number of benzene rings is 1. The minimum Gasteiger partial charge on any atom is -0.497 e. The van der Waals surface area contributed by atoms with Crippen LogP contribution in [0, 0.1) is 4.77 Å². The number of hydrazone groups is 1. The van der Waals surface area contributed by atoms with Gasteiger partial charge in [-0.05, 0) is 36.8 Å². The highest BCUT2D eigenvalue weighted by Gasteiger charge is 2.04. The third-order valence-electron chi connectivity index (χ3n) is 3.16. The Kier molecular flexibility index (Phi) is 6.02. The topological polar surface area (TPSA) is 99.3 Å². The van der Waals surface area contributed by atoms with E-state index in [1.165, 1.54) is 6.07 Å². The van der Waals surface area contributed by atoms with Gasteiger partial charge in [-0.25, -0.2) is 5.43 Å². The normalized spacial score (nSPS) is 11.2. The van der Waals surface area contributed by atoms with Crippen molar-refractivity contribution in [3.05, 3.63) is 56.7 Å². The van der Waals surface area contributed by atoms with Gasteiger partial charge in [-0.2, -0.15) is 5.10 Å². The van der Waals surface area contributed by atoms with Crippen molar-refractivity contribution in [3.63, 3.8) is 0 Å². The fraction of sp³-hybridized carbons (Fsp3) is 0.250. The molecular formula is C16H18N4O3S. The molecule has 0 spiro atoms. The molecule has 1 aromatic carbocycles. The fourth-order valence-corrected chi connectivity index (χ4v) is 2.29. The van der Waals surface area contributed by atoms with Crippen molar-refractivity contribution in [2.24, 2.45) is 5.10 Å². The van der Waals surface area contributed by atoms with E-state index >= 15 is 0 Å². The number of hydrogen-bond donors (Lipinski definition) is 3. The highest BCUT2D eigenvalue weighted by molar-refractivity contribution is 7.71. The number of hydrogen-bond acceptors (Lipinski definition) is 5. The summed E-state index contributed by atoms with van der Waals surface area (Å²) < 4.78 is 5.29. The van der Waals surface area contributed by atoms with Crippen molar-refractivity contribution >= 4 is 23.8 Å². The van der Waals surface area contributed by atoms with Crippen LogP contribution in [0.15, 0.2) is 40.2 Å². The average molecular weight is 346 g/mol. The van der Waals surface area contributed by atoms with Gasteiger partial charge in [0.15, 0.2) is 4.77 Å². The minimum atomic E-state index is -0.347. The minimum absolute atomic E-state index is 0.00707. The van der Waals surface area contributed by atoms with E-state index in [0.29, 0.717) is 12.1 Å². The van der Waals surface area contributed by atoms with Gasteiger partial charge in [0, 0.05) is 23.9 Å². The molecule has 126 valence electrons. The quantitative estimate of drug-likeness (QED) is 0.421. The van der Waals surface area contributed by atoms with Gasteiger partial charge >= 0.3 is 0 Å². The van der Waals surface area contributed by atoms with Gasteiger partial charge in [-0.1, -0.05) is 12.1 Å². The maximum Gasteiger partial charge on any atom is 0.251 e. The lowest BCUT2D eigenvalue weighted by Crippen LogP contribution is -2.23. The zero-order valence-corrected chi connectivity index (χ0v) is 14.2. The van der Waals surface area contributed by atoms with Crippen LogP contribution in [-0.2, 0) is 17.6 Å². The molecule has 8 heteroatoms. The summed E-state index contributed by atoms with van der Waals surface area (Å²) in [6.45, 7) is 1.82. The SMILES string of the molecule is COc1ccc(C/C(C)=N\NC(=O)Cc2cc(=O)[nH]c(=S)[nH]2)cc1. The maximum absolute atomic E-state index is 11.9. The van der Waals surface area contributed by atoms with Gasteiger partial charge in [-0.3, -0.25) is 14.6 Å². The smallest absolute Gasteiger partial charge is 0.251 e. The number of amides is 1. The first-order chi connectivity index (χ1) is 11.5. The van der Waals surface area contributed by atoms with E-state index in [4.69, 9.17) is 17.0 Å². The van der Waals surface area contributed by atoms with E-state index in [1.807, 2.05) is 31.2 Å². The average Bonchev–Trinajstić information content (AvgIpc) is 2.53. The van der Waals surface area contributed by atoms with Gasteiger partial charge in [0.05, 0.1) is 13.5 Å². The molecule has 0 aliphatic rings. The third-order valence-corrected chi connectivity index (χ3v) is 3.36. The van der Waals surface area contributed by atoms with E-state index in [1.54, 1.807) is 7.11 Å². The third kappa shape index (κ3) is 5.47. The van der Waals surface area contributed by atoms with Crippen LogP contribution in [0.2, 0.25) is 0 Å². The molecule has 24 heavy (non-hydrogen) atoms. The molecule has 1 heterocycles. The molecule has 0 unspecified atom stereocenters. The monoisotopic (exact) mass is 346 g/mol. The summed E-state index contributed by atoms with van der Waals surface area (Å²) in [7, 11) is 1.62. The number of carbonyl (C=O) groups is 1. The Hall–Kier alpha value is -2.74. The summed E-state index contributed by atoms with van der Waals surface area (Å²) in [4.78, 5) is 28.3. The number of methoxy groups -OCH3 is 1. The van der Waals surface area contributed by atoms with Crippen molar-refractivity contribution in [3.8, 4) is 5.75 Å². The molecular weight excluding hydrogens is 328 g/mol. The molecule has 7 nitrogen and oxygen atoms in total. The fourth-order valence-electron chi connectivity index (χ4n) is 2.06. The lowest BCUT2D eigenvalue weighted by molar-refractivity contribution is -0.120. The van der Waals surface area contributed by atoms with Crippen LogP contribution in [0.3, 0.4) is 0 Å². The van der Waals surface area contributed by atoms with Crippen molar-refractivity contribution < 1.29 is 9.53 Å².